The maximum absolute atomic E-state index is 12.7. The molecule has 3 N–H and O–H groups in total. The first-order valence-electron chi connectivity index (χ1n) is 8.40. The van der Waals surface area contributed by atoms with Crippen LogP contribution in [-0.4, -0.2) is 56.2 Å². The summed E-state index contributed by atoms with van der Waals surface area (Å²) in [6.07, 6.45) is 0. The topological polar surface area (TPSA) is 128 Å². The van der Waals surface area contributed by atoms with Gasteiger partial charge in [-0.05, 0) is 18.2 Å². The van der Waals surface area contributed by atoms with Crippen molar-refractivity contribution in [1.82, 2.24) is 19.9 Å². The summed E-state index contributed by atoms with van der Waals surface area (Å²) in [5.74, 6) is -1.05. The molecule has 0 saturated carbocycles. The number of aromatic amines is 1. The van der Waals surface area contributed by atoms with Gasteiger partial charge in [-0.1, -0.05) is 13.8 Å². The summed E-state index contributed by atoms with van der Waals surface area (Å²) in [7, 11) is -2.30. The first-order valence-corrected chi connectivity index (χ1v) is 9.84. The standard InChI is InChI=1S/C17H22N4O5S/c1-4-21(5-2)27(25,26)11-6-7-14-12(8-11)13(9-15(22)20-14)17(24)19-10-16(23)18-3/h6-9H,4-5,10H2,1-3H3,(H,18,23)(H,19,24)(H,20,22). The molecule has 27 heavy (non-hydrogen) atoms. The average Bonchev–Trinajstić information content (AvgIpc) is 2.65. The Bertz CT molecular complexity index is 1030. The number of benzene rings is 1. The summed E-state index contributed by atoms with van der Waals surface area (Å²) in [5.41, 5.74) is -0.188. The number of carbonyl (C=O) groups excluding carboxylic acids is 2. The van der Waals surface area contributed by atoms with Crippen molar-refractivity contribution in [2.45, 2.75) is 18.7 Å². The molecule has 2 aromatic rings. The second kappa shape index (κ2) is 8.31. The molecular weight excluding hydrogens is 372 g/mol. The van der Waals surface area contributed by atoms with Crippen molar-refractivity contribution in [3.05, 3.63) is 40.2 Å². The number of aromatic nitrogens is 1. The number of nitrogens with one attached hydrogen (secondary N) is 3. The van der Waals surface area contributed by atoms with E-state index in [-0.39, 0.29) is 22.4 Å². The molecule has 9 nitrogen and oxygen atoms in total. The predicted octanol–water partition coefficient (Wildman–Crippen LogP) is 0.0344. The molecule has 10 heteroatoms. The zero-order valence-corrected chi connectivity index (χ0v) is 16.1. The van der Waals surface area contributed by atoms with E-state index in [1.165, 1.54) is 29.6 Å². The van der Waals surface area contributed by atoms with Crippen molar-refractivity contribution in [3.63, 3.8) is 0 Å². The molecule has 1 aromatic carbocycles. The van der Waals surface area contributed by atoms with Crippen LogP contribution in [0.4, 0.5) is 0 Å². The number of amides is 2. The maximum Gasteiger partial charge on any atom is 0.252 e. The van der Waals surface area contributed by atoms with Gasteiger partial charge in [0.2, 0.25) is 21.5 Å². The maximum atomic E-state index is 12.7. The third-order valence-corrected chi connectivity index (χ3v) is 6.14. The molecule has 146 valence electrons. The van der Waals surface area contributed by atoms with E-state index >= 15 is 0 Å². The van der Waals surface area contributed by atoms with Crippen LogP contribution in [0, 0.1) is 0 Å². The third kappa shape index (κ3) is 4.34. The van der Waals surface area contributed by atoms with E-state index in [2.05, 4.69) is 15.6 Å². The molecule has 0 saturated heterocycles. The summed E-state index contributed by atoms with van der Waals surface area (Å²) in [5, 5.41) is 5.05. The van der Waals surface area contributed by atoms with Crippen molar-refractivity contribution >= 4 is 32.7 Å². The van der Waals surface area contributed by atoms with E-state index in [0.29, 0.717) is 18.6 Å². The highest BCUT2D eigenvalue weighted by Gasteiger charge is 2.23. The van der Waals surface area contributed by atoms with Crippen molar-refractivity contribution < 1.29 is 18.0 Å². The van der Waals surface area contributed by atoms with Gasteiger partial charge in [-0.3, -0.25) is 14.4 Å². The van der Waals surface area contributed by atoms with Gasteiger partial charge in [0.05, 0.1) is 17.0 Å². The molecule has 1 aromatic heterocycles. The number of likely N-dealkylation sites (N-methyl/N-ethyl adjacent to an activating group) is 1. The molecule has 0 bridgehead atoms. The van der Waals surface area contributed by atoms with Crippen LogP contribution >= 0.6 is 0 Å². The Morgan fingerprint density at radius 1 is 1.15 bits per heavy atom. The SMILES string of the molecule is CCN(CC)S(=O)(=O)c1ccc2[nH]c(=O)cc(C(=O)NCC(=O)NC)c2c1. The summed E-state index contributed by atoms with van der Waals surface area (Å²) in [6, 6.07) is 5.27. The second-order valence-corrected chi connectivity index (χ2v) is 7.64. The van der Waals surface area contributed by atoms with Crippen molar-refractivity contribution in [2.75, 3.05) is 26.7 Å². The molecule has 1 heterocycles. The lowest BCUT2D eigenvalue weighted by Crippen LogP contribution is -2.35. The first kappa shape index (κ1) is 20.6. The Kier molecular flexibility index (Phi) is 6.34. The van der Waals surface area contributed by atoms with Crippen LogP contribution in [-0.2, 0) is 14.8 Å². The van der Waals surface area contributed by atoms with Gasteiger partial charge >= 0.3 is 0 Å². The fourth-order valence-electron chi connectivity index (χ4n) is 2.64. The number of fused-ring (bicyclic) bond motifs is 1. The van der Waals surface area contributed by atoms with E-state index in [0.717, 1.165) is 6.07 Å². The fraction of sp³-hybridized carbons (Fsp3) is 0.353. The van der Waals surface area contributed by atoms with Crippen molar-refractivity contribution in [1.29, 1.82) is 0 Å². The normalized spacial score (nSPS) is 11.6. The number of carbonyl (C=O) groups is 2. The molecule has 0 spiro atoms. The minimum Gasteiger partial charge on any atom is -0.358 e. The Balaban J connectivity index is 2.56. The smallest absolute Gasteiger partial charge is 0.252 e. The van der Waals surface area contributed by atoms with Gasteiger partial charge in [-0.15, -0.1) is 0 Å². The Morgan fingerprint density at radius 2 is 1.81 bits per heavy atom. The molecule has 2 amide bonds. The van der Waals surface area contributed by atoms with Crippen LogP contribution in [0.5, 0.6) is 0 Å². The molecule has 0 aliphatic rings. The van der Waals surface area contributed by atoms with Gasteiger partial charge < -0.3 is 15.6 Å². The number of pyridine rings is 1. The van der Waals surface area contributed by atoms with Crippen molar-refractivity contribution in [3.8, 4) is 0 Å². The summed E-state index contributed by atoms with van der Waals surface area (Å²) < 4.78 is 26.8. The number of sulfonamides is 1. The summed E-state index contributed by atoms with van der Waals surface area (Å²) in [6.45, 7) is 3.82. The average molecular weight is 394 g/mol. The highest BCUT2D eigenvalue weighted by Crippen LogP contribution is 2.22. The van der Waals surface area contributed by atoms with Gasteiger partial charge in [0.1, 0.15) is 0 Å². The monoisotopic (exact) mass is 394 g/mol. The molecule has 0 fully saturated rings. The van der Waals surface area contributed by atoms with Crippen LogP contribution in [0.2, 0.25) is 0 Å². The lowest BCUT2D eigenvalue weighted by molar-refractivity contribution is -0.119. The highest BCUT2D eigenvalue weighted by atomic mass is 32.2. The quantitative estimate of drug-likeness (QED) is 0.610. The van der Waals surface area contributed by atoms with E-state index in [4.69, 9.17) is 0 Å². The van der Waals surface area contributed by atoms with E-state index in [9.17, 15) is 22.8 Å². The van der Waals surface area contributed by atoms with E-state index in [1.54, 1.807) is 13.8 Å². The largest absolute Gasteiger partial charge is 0.358 e. The third-order valence-electron chi connectivity index (χ3n) is 4.09. The number of H-pyrrole nitrogens is 1. The van der Waals surface area contributed by atoms with Crippen LogP contribution in [0.3, 0.4) is 0 Å². The lowest BCUT2D eigenvalue weighted by atomic mass is 10.1. The van der Waals surface area contributed by atoms with Crippen molar-refractivity contribution in [2.24, 2.45) is 0 Å². The lowest BCUT2D eigenvalue weighted by Gasteiger charge is -2.19. The van der Waals surface area contributed by atoms with Crippen LogP contribution in [0.25, 0.3) is 10.9 Å². The minimum absolute atomic E-state index is 0.00532. The Morgan fingerprint density at radius 3 is 2.41 bits per heavy atom. The number of hydrogen-bond donors (Lipinski definition) is 3. The fourth-order valence-corrected chi connectivity index (χ4v) is 4.12. The van der Waals surface area contributed by atoms with Gasteiger partial charge in [0.15, 0.2) is 0 Å². The molecule has 2 rings (SSSR count). The zero-order chi connectivity index (χ0) is 20.2. The molecule has 0 radical (unpaired) electrons. The Labute approximate surface area is 156 Å². The summed E-state index contributed by atoms with van der Waals surface area (Å²) >= 11 is 0. The number of nitrogens with zero attached hydrogens (tertiary/aromatic N) is 1. The first-order chi connectivity index (χ1) is 12.7. The zero-order valence-electron chi connectivity index (χ0n) is 15.3. The van der Waals surface area contributed by atoms with Gasteiger partial charge in [-0.2, -0.15) is 4.31 Å². The van der Waals surface area contributed by atoms with E-state index in [1.807, 2.05) is 0 Å². The second-order valence-electron chi connectivity index (χ2n) is 5.70. The molecular formula is C17H22N4O5S. The van der Waals surface area contributed by atoms with Gasteiger partial charge in [0, 0.05) is 37.1 Å². The van der Waals surface area contributed by atoms with Gasteiger partial charge in [0.25, 0.3) is 5.91 Å². The molecule has 0 aliphatic carbocycles. The predicted molar refractivity (Wildman–Crippen MR) is 101 cm³/mol. The summed E-state index contributed by atoms with van der Waals surface area (Å²) in [4.78, 5) is 38.2. The van der Waals surface area contributed by atoms with E-state index < -0.39 is 27.4 Å². The number of rotatable bonds is 7. The highest BCUT2D eigenvalue weighted by molar-refractivity contribution is 7.89. The van der Waals surface area contributed by atoms with Gasteiger partial charge in [-0.25, -0.2) is 8.42 Å². The molecule has 0 atom stereocenters. The Hall–Kier alpha value is -2.72. The van der Waals surface area contributed by atoms with Crippen LogP contribution in [0.1, 0.15) is 24.2 Å². The van der Waals surface area contributed by atoms with Crippen LogP contribution in [0.15, 0.2) is 34.0 Å². The minimum atomic E-state index is -3.73. The van der Waals surface area contributed by atoms with Crippen LogP contribution < -0.4 is 16.2 Å². The number of hydrogen-bond acceptors (Lipinski definition) is 5. The molecule has 0 aliphatic heterocycles. The molecule has 0 unspecified atom stereocenters.